The second-order valence-electron chi connectivity index (χ2n) is 11.4. The highest BCUT2D eigenvalue weighted by atomic mass is 16.5. The van der Waals surface area contributed by atoms with E-state index >= 15 is 0 Å². The number of ether oxygens (including phenoxy) is 1. The zero-order valence-corrected chi connectivity index (χ0v) is 18.9. The SMILES string of the molecule is COC(=O)CC[C@@H](C)C1CC[C@H]2C3C(O)CC4CCCC[C@]4(C)[C@H]3C[C@H](O)C12C. The Bertz CT molecular complexity index is 620. The monoisotopic (exact) mass is 406 g/mol. The van der Waals surface area contributed by atoms with Gasteiger partial charge in [-0.2, -0.15) is 0 Å². The van der Waals surface area contributed by atoms with E-state index in [2.05, 4.69) is 20.8 Å². The van der Waals surface area contributed by atoms with Gasteiger partial charge in [-0.3, -0.25) is 4.79 Å². The topological polar surface area (TPSA) is 66.8 Å². The second-order valence-corrected chi connectivity index (χ2v) is 11.4. The summed E-state index contributed by atoms with van der Waals surface area (Å²) in [7, 11) is 1.45. The van der Waals surface area contributed by atoms with Gasteiger partial charge in [0.05, 0.1) is 19.3 Å². The van der Waals surface area contributed by atoms with Crippen molar-refractivity contribution in [2.45, 2.75) is 97.2 Å². The quantitative estimate of drug-likeness (QED) is 0.671. The predicted molar refractivity (Wildman–Crippen MR) is 113 cm³/mol. The van der Waals surface area contributed by atoms with Crippen molar-refractivity contribution < 1.29 is 19.7 Å². The molecule has 0 amide bonds. The molecule has 0 saturated heterocycles. The van der Waals surface area contributed by atoms with E-state index in [9.17, 15) is 15.0 Å². The fourth-order valence-corrected chi connectivity index (χ4v) is 8.84. The number of rotatable bonds is 4. The van der Waals surface area contributed by atoms with Crippen LogP contribution in [0.2, 0.25) is 0 Å². The van der Waals surface area contributed by atoms with Gasteiger partial charge in [0.15, 0.2) is 0 Å². The van der Waals surface area contributed by atoms with Crippen molar-refractivity contribution in [2.75, 3.05) is 7.11 Å². The smallest absolute Gasteiger partial charge is 0.305 e. The zero-order valence-electron chi connectivity index (χ0n) is 18.9. The number of hydrogen-bond donors (Lipinski definition) is 2. The fourth-order valence-electron chi connectivity index (χ4n) is 8.84. The van der Waals surface area contributed by atoms with Gasteiger partial charge in [0, 0.05) is 6.42 Å². The first-order chi connectivity index (χ1) is 13.7. The van der Waals surface area contributed by atoms with Gasteiger partial charge in [0.1, 0.15) is 0 Å². The Balaban J connectivity index is 1.58. The number of carbonyl (C=O) groups excluding carboxylic acids is 1. The zero-order chi connectivity index (χ0) is 21.0. The van der Waals surface area contributed by atoms with Crippen LogP contribution in [0.1, 0.15) is 85.0 Å². The molecular formula is C25H42O4. The van der Waals surface area contributed by atoms with Gasteiger partial charge in [0.2, 0.25) is 0 Å². The Kier molecular flexibility index (Phi) is 5.83. The third kappa shape index (κ3) is 3.28. The van der Waals surface area contributed by atoms with Gasteiger partial charge in [0.25, 0.3) is 0 Å². The Hall–Kier alpha value is -0.610. The average Bonchev–Trinajstić information content (AvgIpc) is 3.05. The minimum atomic E-state index is -0.300. The van der Waals surface area contributed by atoms with E-state index < -0.39 is 0 Å². The first kappa shape index (κ1) is 21.6. The molecule has 4 heteroatoms. The lowest BCUT2D eigenvalue weighted by Crippen LogP contribution is -2.61. The Labute approximate surface area is 176 Å². The summed E-state index contributed by atoms with van der Waals surface area (Å²) in [6.45, 7) is 7.02. The molecule has 4 aliphatic carbocycles. The first-order valence-corrected chi connectivity index (χ1v) is 12.2. The average molecular weight is 407 g/mol. The van der Waals surface area contributed by atoms with Crippen LogP contribution in [0, 0.1) is 46.3 Å². The molecule has 29 heavy (non-hydrogen) atoms. The van der Waals surface area contributed by atoms with Crippen LogP contribution in [0.5, 0.6) is 0 Å². The molecule has 4 fully saturated rings. The molecule has 10 atom stereocenters. The molecule has 0 aromatic carbocycles. The number of aliphatic hydroxyl groups excluding tert-OH is 2. The highest BCUT2D eigenvalue weighted by molar-refractivity contribution is 5.69. The molecule has 0 spiro atoms. The van der Waals surface area contributed by atoms with Gasteiger partial charge < -0.3 is 14.9 Å². The molecule has 0 radical (unpaired) electrons. The third-order valence-electron chi connectivity index (χ3n) is 10.5. The van der Waals surface area contributed by atoms with Crippen LogP contribution < -0.4 is 0 Å². The molecule has 4 rings (SSSR count). The number of aliphatic hydroxyl groups is 2. The summed E-state index contributed by atoms with van der Waals surface area (Å²) in [4.78, 5) is 11.7. The van der Waals surface area contributed by atoms with Gasteiger partial charge in [-0.15, -0.1) is 0 Å². The van der Waals surface area contributed by atoms with Gasteiger partial charge in [-0.1, -0.05) is 33.6 Å². The van der Waals surface area contributed by atoms with Gasteiger partial charge >= 0.3 is 5.97 Å². The highest BCUT2D eigenvalue weighted by Crippen LogP contribution is 2.68. The molecule has 0 aromatic heterocycles. The Morgan fingerprint density at radius 2 is 1.86 bits per heavy atom. The minimum absolute atomic E-state index is 0.139. The normalized spacial score (nSPS) is 50.2. The lowest BCUT2D eigenvalue weighted by atomic mass is 9.43. The summed E-state index contributed by atoms with van der Waals surface area (Å²) in [6, 6.07) is 0. The van der Waals surface area contributed by atoms with E-state index in [0.717, 1.165) is 32.1 Å². The minimum Gasteiger partial charge on any atom is -0.469 e. The first-order valence-electron chi connectivity index (χ1n) is 12.2. The summed E-state index contributed by atoms with van der Waals surface area (Å²) in [5.74, 6) is 2.47. The van der Waals surface area contributed by atoms with Crippen molar-refractivity contribution in [2.24, 2.45) is 46.3 Å². The molecule has 166 valence electrons. The number of hydrogen-bond acceptors (Lipinski definition) is 4. The maximum Gasteiger partial charge on any atom is 0.305 e. The van der Waals surface area contributed by atoms with Crippen molar-refractivity contribution in [3.63, 3.8) is 0 Å². The number of esters is 1. The largest absolute Gasteiger partial charge is 0.469 e. The van der Waals surface area contributed by atoms with E-state index in [1.165, 1.54) is 32.8 Å². The van der Waals surface area contributed by atoms with Crippen molar-refractivity contribution in [3.8, 4) is 0 Å². The van der Waals surface area contributed by atoms with Crippen molar-refractivity contribution in [3.05, 3.63) is 0 Å². The van der Waals surface area contributed by atoms with Gasteiger partial charge in [-0.25, -0.2) is 0 Å². The lowest BCUT2D eigenvalue weighted by Gasteiger charge is -2.63. The lowest BCUT2D eigenvalue weighted by molar-refractivity contribution is -0.201. The van der Waals surface area contributed by atoms with E-state index in [4.69, 9.17) is 4.74 Å². The maximum atomic E-state index is 11.7. The number of carbonyl (C=O) groups is 1. The third-order valence-corrected chi connectivity index (χ3v) is 10.5. The molecule has 4 nitrogen and oxygen atoms in total. The molecule has 0 heterocycles. The van der Waals surface area contributed by atoms with Crippen molar-refractivity contribution in [1.82, 2.24) is 0 Å². The summed E-state index contributed by atoms with van der Waals surface area (Å²) in [5, 5.41) is 22.8. The predicted octanol–water partition coefficient (Wildman–Crippen LogP) is 4.57. The van der Waals surface area contributed by atoms with E-state index in [1.807, 2.05) is 0 Å². The molecular weight excluding hydrogens is 364 g/mol. The molecule has 4 aliphatic rings. The molecule has 4 saturated carbocycles. The van der Waals surface area contributed by atoms with Crippen LogP contribution in [0.25, 0.3) is 0 Å². The fraction of sp³-hybridized carbons (Fsp3) is 0.960. The van der Waals surface area contributed by atoms with E-state index in [-0.39, 0.29) is 23.6 Å². The van der Waals surface area contributed by atoms with Crippen LogP contribution in [0.4, 0.5) is 0 Å². The van der Waals surface area contributed by atoms with E-state index in [0.29, 0.717) is 47.3 Å². The second kappa shape index (κ2) is 7.82. The van der Waals surface area contributed by atoms with Crippen LogP contribution in [-0.2, 0) is 9.53 Å². The van der Waals surface area contributed by atoms with Crippen LogP contribution in [-0.4, -0.2) is 35.5 Å². The highest BCUT2D eigenvalue weighted by Gasteiger charge is 2.65. The van der Waals surface area contributed by atoms with Crippen LogP contribution in [0.15, 0.2) is 0 Å². The molecule has 0 bridgehead atoms. The summed E-state index contributed by atoms with van der Waals surface area (Å²) < 4.78 is 4.84. The molecule has 0 aromatic rings. The Morgan fingerprint density at radius 3 is 2.59 bits per heavy atom. The van der Waals surface area contributed by atoms with Crippen LogP contribution in [0.3, 0.4) is 0 Å². The maximum absolute atomic E-state index is 11.7. The van der Waals surface area contributed by atoms with Gasteiger partial charge in [-0.05, 0) is 91.3 Å². The molecule has 5 unspecified atom stereocenters. The Morgan fingerprint density at radius 1 is 1.10 bits per heavy atom. The summed E-state index contributed by atoms with van der Waals surface area (Å²) >= 11 is 0. The molecule has 2 N–H and O–H groups in total. The molecule has 0 aliphatic heterocycles. The van der Waals surface area contributed by atoms with E-state index in [1.54, 1.807) is 0 Å². The van der Waals surface area contributed by atoms with Crippen LogP contribution >= 0.6 is 0 Å². The van der Waals surface area contributed by atoms with Crippen molar-refractivity contribution in [1.29, 1.82) is 0 Å². The number of fused-ring (bicyclic) bond motifs is 5. The summed E-state index contributed by atoms with van der Waals surface area (Å²) in [5.41, 5.74) is 0.147. The summed E-state index contributed by atoms with van der Waals surface area (Å²) in [6.07, 6.45) is 9.92. The number of methoxy groups -OCH3 is 1. The standard InChI is InChI=1S/C25H42O4/c1-15(8-11-22(28)29-4)17-9-10-18-23-19(14-21(27)25(17,18)3)24(2)12-6-5-7-16(24)13-20(23)26/h15-21,23,26-27H,5-14H2,1-4H3/t15-,16?,17?,18+,19+,20?,21+,23?,24+,25?/m1/s1. The van der Waals surface area contributed by atoms with Crippen molar-refractivity contribution >= 4 is 5.97 Å².